The average molecular weight is 193 g/mol. The van der Waals surface area contributed by atoms with Crippen molar-refractivity contribution in [1.29, 1.82) is 0 Å². The lowest BCUT2D eigenvalue weighted by molar-refractivity contribution is 0.267. The molecule has 0 amide bonds. The fraction of sp³-hybridized carbons (Fsp3) is 0.455. The Hall–Kier alpha value is -1.06. The summed E-state index contributed by atoms with van der Waals surface area (Å²) in [5.41, 5.74) is 6.63. The summed E-state index contributed by atoms with van der Waals surface area (Å²) in [4.78, 5) is 0. The zero-order valence-corrected chi connectivity index (χ0v) is 8.02. The van der Waals surface area contributed by atoms with Gasteiger partial charge in [-0.1, -0.05) is 12.1 Å². The Morgan fingerprint density at radius 1 is 1.50 bits per heavy atom. The highest BCUT2D eigenvalue weighted by molar-refractivity contribution is 5.30. The predicted molar refractivity (Wildman–Crippen MR) is 54.1 cm³/mol. The van der Waals surface area contributed by atoms with Crippen LogP contribution in [0.25, 0.3) is 0 Å². The second-order valence-electron chi connectivity index (χ2n) is 3.68. The van der Waals surface area contributed by atoms with Crippen LogP contribution in [0.5, 0.6) is 5.75 Å². The van der Waals surface area contributed by atoms with Crippen LogP contribution in [0.15, 0.2) is 24.3 Å². The second-order valence-corrected chi connectivity index (χ2v) is 3.68. The van der Waals surface area contributed by atoms with Crippen molar-refractivity contribution in [1.82, 2.24) is 0 Å². The average Bonchev–Trinajstić information content (AvgIpc) is 3.01. The molecule has 1 aromatic rings. The number of hydrogen-bond acceptors (Lipinski definition) is 3. The molecule has 0 saturated heterocycles. The fourth-order valence-electron chi connectivity index (χ4n) is 1.30. The summed E-state index contributed by atoms with van der Waals surface area (Å²) >= 11 is 0. The van der Waals surface area contributed by atoms with Crippen LogP contribution < -0.4 is 10.5 Å². The minimum Gasteiger partial charge on any atom is -0.490 e. The van der Waals surface area contributed by atoms with Crippen molar-refractivity contribution in [3.63, 3.8) is 0 Å². The van der Waals surface area contributed by atoms with Crippen molar-refractivity contribution in [3.8, 4) is 5.75 Å². The molecule has 76 valence electrons. The van der Waals surface area contributed by atoms with Gasteiger partial charge in [-0.15, -0.1) is 0 Å². The number of nitrogens with two attached hydrogens (primary N) is 1. The van der Waals surface area contributed by atoms with E-state index in [1.165, 1.54) is 0 Å². The zero-order chi connectivity index (χ0) is 9.97. The van der Waals surface area contributed by atoms with Gasteiger partial charge < -0.3 is 15.6 Å². The number of benzene rings is 1. The summed E-state index contributed by atoms with van der Waals surface area (Å²) in [6.07, 6.45) is 2.70. The van der Waals surface area contributed by atoms with Gasteiger partial charge in [0.15, 0.2) is 0 Å². The monoisotopic (exact) mass is 193 g/mol. The lowest BCUT2D eigenvalue weighted by Gasteiger charge is -2.10. The molecular formula is C11H15NO2. The maximum atomic E-state index is 8.91. The van der Waals surface area contributed by atoms with Crippen molar-refractivity contribution in [2.45, 2.75) is 25.0 Å². The highest BCUT2D eigenvalue weighted by atomic mass is 16.5. The van der Waals surface area contributed by atoms with Crippen LogP contribution >= 0.6 is 0 Å². The van der Waals surface area contributed by atoms with Crippen LogP contribution in [0.2, 0.25) is 0 Å². The Morgan fingerprint density at radius 3 is 2.93 bits per heavy atom. The Balaban J connectivity index is 2.08. The first-order valence-corrected chi connectivity index (χ1v) is 4.92. The largest absolute Gasteiger partial charge is 0.490 e. The molecule has 1 aliphatic carbocycles. The Morgan fingerprint density at radius 2 is 2.29 bits per heavy atom. The summed E-state index contributed by atoms with van der Waals surface area (Å²) in [5.74, 6) is 0.855. The van der Waals surface area contributed by atoms with Gasteiger partial charge >= 0.3 is 0 Å². The molecule has 14 heavy (non-hydrogen) atoms. The Kier molecular flexibility index (Phi) is 2.70. The van der Waals surface area contributed by atoms with Crippen molar-refractivity contribution < 1.29 is 9.84 Å². The van der Waals surface area contributed by atoms with E-state index in [4.69, 9.17) is 15.6 Å². The highest BCUT2D eigenvalue weighted by Crippen LogP contribution is 2.27. The molecule has 1 atom stereocenters. The van der Waals surface area contributed by atoms with Gasteiger partial charge in [0, 0.05) is 0 Å². The molecule has 3 nitrogen and oxygen atoms in total. The molecule has 0 spiro atoms. The van der Waals surface area contributed by atoms with Crippen LogP contribution in [0.4, 0.5) is 0 Å². The van der Waals surface area contributed by atoms with E-state index in [0.29, 0.717) is 6.10 Å². The van der Waals surface area contributed by atoms with Gasteiger partial charge in [-0.2, -0.15) is 0 Å². The summed E-state index contributed by atoms with van der Waals surface area (Å²) in [6, 6.07) is 7.33. The number of aliphatic hydroxyl groups is 1. The third-order valence-electron chi connectivity index (χ3n) is 2.31. The Labute approximate surface area is 83.5 Å². The number of rotatable bonds is 4. The first-order chi connectivity index (χ1) is 6.79. The zero-order valence-electron chi connectivity index (χ0n) is 8.02. The quantitative estimate of drug-likeness (QED) is 0.756. The van der Waals surface area contributed by atoms with E-state index in [2.05, 4.69) is 0 Å². The maximum Gasteiger partial charge on any atom is 0.120 e. The summed E-state index contributed by atoms with van der Waals surface area (Å²) in [6.45, 7) is -0.0348. The lowest BCUT2D eigenvalue weighted by Crippen LogP contribution is -2.14. The second kappa shape index (κ2) is 3.98. The van der Waals surface area contributed by atoms with E-state index in [1.807, 2.05) is 24.3 Å². The van der Waals surface area contributed by atoms with E-state index in [0.717, 1.165) is 24.2 Å². The molecule has 1 aliphatic rings. The predicted octanol–water partition coefficient (Wildman–Crippen LogP) is 1.22. The van der Waals surface area contributed by atoms with Crippen molar-refractivity contribution in [2.75, 3.05) is 6.61 Å². The normalized spacial score (nSPS) is 17.9. The summed E-state index contributed by atoms with van der Waals surface area (Å²) < 4.78 is 5.62. The van der Waals surface area contributed by atoms with Crippen LogP contribution in [0.3, 0.4) is 0 Å². The van der Waals surface area contributed by atoms with E-state index >= 15 is 0 Å². The first-order valence-electron chi connectivity index (χ1n) is 4.92. The fourth-order valence-corrected chi connectivity index (χ4v) is 1.30. The van der Waals surface area contributed by atoms with E-state index in [-0.39, 0.29) is 12.6 Å². The molecule has 0 bridgehead atoms. The summed E-state index contributed by atoms with van der Waals surface area (Å²) in [7, 11) is 0. The minimum absolute atomic E-state index is 0.0348. The van der Waals surface area contributed by atoms with Gasteiger partial charge in [-0.25, -0.2) is 0 Å². The third-order valence-corrected chi connectivity index (χ3v) is 2.31. The molecule has 0 radical (unpaired) electrons. The van der Waals surface area contributed by atoms with Gasteiger partial charge in [0.05, 0.1) is 18.8 Å². The maximum absolute atomic E-state index is 8.91. The topological polar surface area (TPSA) is 55.5 Å². The molecule has 3 N–H and O–H groups in total. The molecule has 0 aliphatic heterocycles. The molecule has 1 aromatic carbocycles. The van der Waals surface area contributed by atoms with E-state index < -0.39 is 0 Å². The lowest BCUT2D eigenvalue weighted by atomic mass is 10.1. The molecule has 0 aromatic heterocycles. The van der Waals surface area contributed by atoms with Gasteiger partial charge in [0.25, 0.3) is 0 Å². The van der Waals surface area contributed by atoms with Crippen LogP contribution in [0.1, 0.15) is 24.4 Å². The molecule has 0 heterocycles. The molecule has 1 unspecified atom stereocenters. The number of hydrogen-bond donors (Lipinski definition) is 2. The first kappa shape index (κ1) is 9.49. The minimum atomic E-state index is -0.308. The third kappa shape index (κ3) is 2.25. The standard InChI is InChI=1S/C11H15NO2/c12-11(7-13)8-2-1-3-10(6-8)14-9-4-5-9/h1-3,6,9,11,13H,4-5,7,12H2. The van der Waals surface area contributed by atoms with Gasteiger partial charge in [0.1, 0.15) is 5.75 Å². The number of ether oxygens (including phenoxy) is 1. The van der Waals surface area contributed by atoms with Crippen LogP contribution in [-0.2, 0) is 0 Å². The SMILES string of the molecule is NC(CO)c1cccc(OC2CC2)c1. The van der Waals surface area contributed by atoms with Gasteiger partial charge in [-0.05, 0) is 30.5 Å². The molecular weight excluding hydrogens is 178 g/mol. The van der Waals surface area contributed by atoms with Crippen molar-refractivity contribution >= 4 is 0 Å². The molecule has 3 heteroatoms. The molecule has 1 saturated carbocycles. The smallest absolute Gasteiger partial charge is 0.120 e. The van der Waals surface area contributed by atoms with Gasteiger partial charge in [-0.3, -0.25) is 0 Å². The van der Waals surface area contributed by atoms with Crippen LogP contribution in [0, 0.1) is 0 Å². The van der Waals surface area contributed by atoms with Crippen LogP contribution in [-0.4, -0.2) is 17.8 Å². The highest BCUT2D eigenvalue weighted by Gasteiger charge is 2.23. The van der Waals surface area contributed by atoms with Crippen molar-refractivity contribution in [3.05, 3.63) is 29.8 Å². The van der Waals surface area contributed by atoms with Gasteiger partial charge in [0.2, 0.25) is 0 Å². The van der Waals surface area contributed by atoms with E-state index in [1.54, 1.807) is 0 Å². The summed E-state index contributed by atoms with van der Waals surface area (Å²) in [5, 5.41) is 8.91. The number of aliphatic hydroxyl groups excluding tert-OH is 1. The molecule has 1 fully saturated rings. The Bertz CT molecular complexity index is 310. The van der Waals surface area contributed by atoms with E-state index in [9.17, 15) is 0 Å². The van der Waals surface area contributed by atoms with Crippen molar-refractivity contribution in [2.24, 2.45) is 5.73 Å². The molecule has 2 rings (SSSR count).